The number of nitrogens with one attached hydrogen (secondary N) is 1. The third-order valence-electron chi connectivity index (χ3n) is 3.17. The SMILES string of the molecule is Cc1nnc(COc2ccc3cc(C(C)C)[nH]c3c2)o1. The maximum Gasteiger partial charge on any atom is 0.253 e. The molecule has 5 heteroatoms. The van der Waals surface area contributed by atoms with E-state index < -0.39 is 0 Å². The van der Waals surface area contributed by atoms with Gasteiger partial charge < -0.3 is 14.1 Å². The summed E-state index contributed by atoms with van der Waals surface area (Å²) in [7, 11) is 0. The molecule has 20 heavy (non-hydrogen) atoms. The smallest absolute Gasteiger partial charge is 0.253 e. The van der Waals surface area contributed by atoms with Crippen LogP contribution in [-0.4, -0.2) is 15.2 Å². The van der Waals surface area contributed by atoms with Crippen LogP contribution in [-0.2, 0) is 6.61 Å². The van der Waals surface area contributed by atoms with Crippen LogP contribution < -0.4 is 4.74 Å². The van der Waals surface area contributed by atoms with E-state index in [1.54, 1.807) is 6.92 Å². The number of hydrogen-bond donors (Lipinski definition) is 1. The van der Waals surface area contributed by atoms with Crippen molar-refractivity contribution < 1.29 is 9.15 Å². The Bertz CT molecular complexity index is 728. The first-order chi connectivity index (χ1) is 9.61. The average molecular weight is 271 g/mol. The van der Waals surface area contributed by atoms with Gasteiger partial charge in [0, 0.05) is 24.2 Å². The number of benzene rings is 1. The van der Waals surface area contributed by atoms with E-state index in [0.29, 0.717) is 17.7 Å². The van der Waals surface area contributed by atoms with Crippen molar-refractivity contribution in [2.24, 2.45) is 0 Å². The quantitative estimate of drug-likeness (QED) is 0.788. The first kappa shape index (κ1) is 12.7. The average Bonchev–Trinajstić information content (AvgIpc) is 3.01. The van der Waals surface area contributed by atoms with E-state index in [4.69, 9.17) is 9.15 Å². The molecule has 0 aliphatic rings. The van der Waals surface area contributed by atoms with Gasteiger partial charge in [-0.1, -0.05) is 13.8 Å². The van der Waals surface area contributed by atoms with Gasteiger partial charge in [0.15, 0.2) is 6.61 Å². The molecule has 3 rings (SSSR count). The van der Waals surface area contributed by atoms with Crippen molar-refractivity contribution in [3.8, 4) is 5.75 Å². The summed E-state index contributed by atoms with van der Waals surface area (Å²) >= 11 is 0. The molecule has 0 aliphatic heterocycles. The van der Waals surface area contributed by atoms with E-state index in [-0.39, 0.29) is 6.61 Å². The molecule has 3 aromatic rings. The van der Waals surface area contributed by atoms with E-state index in [2.05, 4.69) is 35.1 Å². The number of aryl methyl sites for hydroxylation is 1. The molecule has 0 bridgehead atoms. The lowest BCUT2D eigenvalue weighted by atomic mass is 10.1. The maximum absolute atomic E-state index is 5.67. The molecular weight excluding hydrogens is 254 g/mol. The van der Waals surface area contributed by atoms with Crippen molar-refractivity contribution in [1.82, 2.24) is 15.2 Å². The summed E-state index contributed by atoms with van der Waals surface area (Å²) in [4.78, 5) is 3.41. The standard InChI is InChI=1S/C15H17N3O2/c1-9(2)13-6-11-4-5-12(7-14(11)16-13)19-8-15-18-17-10(3)20-15/h4-7,9,16H,8H2,1-3H3. The number of hydrogen-bond acceptors (Lipinski definition) is 4. The second-order valence-electron chi connectivity index (χ2n) is 5.13. The van der Waals surface area contributed by atoms with Gasteiger partial charge in [-0.3, -0.25) is 0 Å². The summed E-state index contributed by atoms with van der Waals surface area (Å²) in [6, 6.07) is 8.16. The molecule has 0 amide bonds. The predicted octanol–water partition coefficient (Wildman–Crippen LogP) is 3.56. The fraction of sp³-hybridized carbons (Fsp3) is 0.333. The highest BCUT2D eigenvalue weighted by Crippen LogP contribution is 2.25. The van der Waals surface area contributed by atoms with Crippen LogP contribution in [0.25, 0.3) is 10.9 Å². The van der Waals surface area contributed by atoms with Gasteiger partial charge >= 0.3 is 0 Å². The first-order valence-corrected chi connectivity index (χ1v) is 6.66. The molecule has 0 spiro atoms. The Morgan fingerprint density at radius 2 is 2.10 bits per heavy atom. The van der Waals surface area contributed by atoms with Crippen molar-refractivity contribution in [2.75, 3.05) is 0 Å². The molecule has 0 saturated carbocycles. The fourth-order valence-electron chi connectivity index (χ4n) is 2.07. The second-order valence-corrected chi connectivity index (χ2v) is 5.13. The highest BCUT2D eigenvalue weighted by molar-refractivity contribution is 5.82. The number of fused-ring (bicyclic) bond motifs is 1. The van der Waals surface area contributed by atoms with Crippen molar-refractivity contribution in [3.63, 3.8) is 0 Å². The molecule has 1 N–H and O–H groups in total. The van der Waals surface area contributed by atoms with E-state index in [0.717, 1.165) is 11.3 Å². The van der Waals surface area contributed by atoms with E-state index in [9.17, 15) is 0 Å². The first-order valence-electron chi connectivity index (χ1n) is 6.66. The minimum absolute atomic E-state index is 0.282. The number of H-pyrrole nitrogens is 1. The summed E-state index contributed by atoms with van der Waals surface area (Å²) in [5.41, 5.74) is 2.30. The molecule has 104 valence electrons. The number of rotatable bonds is 4. The van der Waals surface area contributed by atoms with Crippen LogP contribution in [0.1, 0.15) is 37.2 Å². The zero-order valence-electron chi connectivity index (χ0n) is 11.8. The third kappa shape index (κ3) is 2.52. The number of nitrogens with zero attached hydrogens (tertiary/aromatic N) is 2. The topological polar surface area (TPSA) is 63.9 Å². The number of aromatic amines is 1. The zero-order chi connectivity index (χ0) is 14.1. The van der Waals surface area contributed by atoms with Gasteiger partial charge in [-0.05, 0) is 29.5 Å². The van der Waals surface area contributed by atoms with Gasteiger partial charge in [0.1, 0.15) is 5.75 Å². The Morgan fingerprint density at radius 3 is 2.80 bits per heavy atom. The highest BCUT2D eigenvalue weighted by atomic mass is 16.5. The van der Waals surface area contributed by atoms with Crippen molar-refractivity contribution in [3.05, 3.63) is 41.7 Å². The van der Waals surface area contributed by atoms with E-state index >= 15 is 0 Å². The Hall–Kier alpha value is -2.30. The molecule has 2 heterocycles. The Kier molecular flexibility index (Phi) is 3.18. The van der Waals surface area contributed by atoms with Crippen LogP contribution in [0, 0.1) is 6.92 Å². The lowest BCUT2D eigenvalue weighted by Crippen LogP contribution is -1.95. The summed E-state index contributed by atoms with van der Waals surface area (Å²) < 4.78 is 10.9. The molecule has 2 aromatic heterocycles. The van der Waals surface area contributed by atoms with Crippen LogP contribution in [0.15, 0.2) is 28.7 Å². The number of ether oxygens (including phenoxy) is 1. The molecule has 1 aromatic carbocycles. The third-order valence-corrected chi connectivity index (χ3v) is 3.17. The van der Waals surface area contributed by atoms with Crippen molar-refractivity contribution in [2.45, 2.75) is 33.3 Å². The molecule has 0 aliphatic carbocycles. The second kappa shape index (κ2) is 5.00. The lowest BCUT2D eigenvalue weighted by molar-refractivity contribution is 0.260. The van der Waals surface area contributed by atoms with Gasteiger partial charge in [0.2, 0.25) is 5.89 Å². The maximum atomic E-state index is 5.67. The normalized spacial score (nSPS) is 11.4. The van der Waals surface area contributed by atoms with Crippen LogP contribution in [0.2, 0.25) is 0 Å². The zero-order valence-corrected chi connectivity index (χ0v) is 11.8. The van der Waals surface area contributed by atoms with E-state index in [1.165, 1.54) is 11.1 Å². The molecule has 0 atom stereocenters. The molecule has 5 nitrogen and oxygen atoms in total. The highest BCUT2D eigenvalue weighted by Gasteiger charge is 2.07. The number of aromatic nitrogens is 3. The molecular formula is C15H17N3O2. The minimum Gasteiger partial charge on any atom is -0.484 e. The van der Waals surface area contributed by atoms with Crippen molar-refractivity contribution in [1.29, 1.82) is 0 Å². The predicted molar refractivity (Wildman–Crippen MR) is 75.8 cm³/mol. The minimum atomic E-state index is 0.282. The summed E-state index contributed by atoms with van der Waals surface area (Å²) in [6.07, 6.45) is 0. The van der Waals surface area contributed by atoms with Crippen LogP contribution in [0.4, 0.5) is 0 Å². The van der Waals surface area contributed by atoms with Gasteiger partial charge in [-0.2, -0.15) is 0 Å². The summed E-state index contributed by atoms with van der Waals surface area (Å²) in [6.45, 7) is 6.37. The van der Waals surface area contributed by atoms with Crippen LogP contribution >= 0.6 is 0 Å². The summed E-state index contributed by atoms with van der Waals surface area (Å²) in [5, 5.41) is 8.86. The molecule has 0 unspecified atom stereocenters. The Balaban J connectivity index is 1.78. The van der Waals surface area contributed by atoms with Crippen LogP contribution in [0.3, 0.4) is 0 Å². The summed E-state index contributed by atoms with van der Waals surface area (Å²) in [5.74, 6) is 2.29. The monoisotopic (exact) mass is 271 g/mol. The van der Waals surface area contributed by atoms with E-state index in [1.807, 2.05) is 18.2 Å². The van der Waals surface area contributed by atoms with Gasteiger partial charge in [0.05, 0.1) is 0 Å². The van der Waals surface area contributed by atoms with Crippen molar-refractivity contribution >= 4 is 10.9 Å². The molecule has 0 fully saturated rings. The Labute approximate surface area is 117 Å². The Morgan fingerprint density at radius 1 is 1.25 bits per heavy atom. The largest absolute Gasteiger partial charge is 0.484 e. The van der Waals surface area contributed by atoms with Gasteiger partial charge in [-0.15, -0.1) is 10.2 Å². The molecule has 0 saturated heterocycles. The van der Waals surface area contributed by atoms with Gasteiger partial charge in [-0.25, -0.2) is 0 Å². The lowest BCUT2D eigenvalue weighted by Gasteiger charge is -2.03. The molecule has 0 radical (unpaired) electrons. The fourth-order valence-corrected chi connectivity index (χ4v) is 2.07. The van der Waals surface area contributed by atoms with Gasteiger partial charge in [0.25, 0.3) is 5.89 Å². The van der Waals surface area contributed by atoms with Crippen LogP contribution in [0.5, 0.6) is 5.75 Å².